The van der Waals surface area contributed by atoms with Crippen molar-refractivity contribution in [1.82, 2.24) is 0 Å². The van der Waals surface area contributed by atoms with Crippen LogP contribution in [0.5, 0.6) is 0 Å². The zero-order valence-corrected chi connectivity index (χ0v) is 32.6. The van der Waals surface area contributed by atoms with Crippen molar-refractivity contribution >= 4 is 23.9 Å². The molecule has 4 aliphatic heterocycles. The molecule has 20 atom stereocenters. The first kappa shape index (κ1) is 48.9. The van der Waals surface area contributed by atoms with Crippen LogP contribution in [-0.4, -0.2) is 233 Å². The maximum absolute atomic E-state index is 12.4. The van der Waals surface area contributed by atoms with Crippen molar-refractivity contribution < 1.29 is 119 Å². The van der Waals surface area contributed by atoms with E-state index in [0.717, 1.165) is 0 Å². The van der Waals surface area contributed by atoms with Crippen LogP contribution in [0.2, 0.25) is 0 Å². The van der Waals surface area contributed by atoms with Gasteiger partial charge in [-0.1, -0.05) is 13.8 Å². The highest BCUT2D eigenvalue weighted by Crippen LogP contribution is 2.40. The predicted molar refractivity (Wildman–Crippen MR) is 186 cm³/mol. The lowest BCUT2D eigenvalue weighted by molar-refractivity contribution is -0.282. The molecule has 0 saturated carbocycles. The Kier molecular flexibility index (Phi) is 15.8. The number of rotatable bonds is 17. The van der Waals surface area contributed by atoms with Gasteiger partial charge in [-0.3, -0.25) is 0 Å². The summed E-state index contributed by atoms with van der Waals surface area (Å²) in [7, 11) is 0. The third-order valence-corrected chi connectivity index (χ3v) is 12.0. The van der Waals surface area contributed by atoms with E-state index in [1.165, 1.54) is 27.7 Å². The molecule has 340 valence electrons. The molecule has 0 aromatic heterocycles. The molecule has 0 aliphatic carbocycles. The van der Waals surface area contributed by atoms with Crippen LogP contribution in [0.4, 0.5) is 0 Å². The predicted octanol–water partition coefficient (Wildman–Crippen LogP) is -6.02. The fourth-order valence-electron chi connectivity index (χ4n) is 7.97. The number of carboxylic acids is 4. The molecule has 0 aromatic carbocycles. The van der Waals surface area contributed by atoms with Gasteiger partial charge in [0.15, 0.2) is 24.4 Å². The van der Waals surface area contributed by atoms with E-state index in [1.54, 1.807) is 0 Å². The minimum Gasteiger partial charge on any atom is -0.479 e. The van der Waals surface area contributed by atoms with Gasteiger partial charge in [0.2, 0.25) is 0 Å². The summed E-state index contributed by atoms with van der Waals surface area (Å²) < 4.78 is 38.6. The Bertz CT molecular complexity index is 1480. The van der Waals surface area contributed by atoms with Gasteiger partial charge in [0.1, 0.15) is 47.8 Å². The van der Waals surface area contributed by atoms with E-state index in [-0.39, 0.29) is 0 Å². The highest BCUT2D eigenvalue weighted by molar-refractivity contribution is 5.74. The van der Waals surface area contributed by atoms with Crippen molar-refractivity contribution in [3.63, 3.8) is 0 Å². The van der Waals surface area contributed by atoms with Gasteiger partial charge in [-0.05, 0) is 13.8 Å². The largest absolute Gasteiger partial charge is 0.479 e. The minimum absolute atomic E-state index is 0.549. The quantitative estimate of drug-likeness (QED) is 0.0647. The molecule has 0 aromatic rings. The Balaban J connectivity index is 1.37. The Labute approximate surface area is 336 Å². The van der Waals surface area contributed by atoms with E-state index in [2.05, 4.69) is 0 Å². The summed E-state index contributed by atoms with van der Waals surface area (Å²) in [6.45, 7) is 0.228. The van der Waals surface area contributed by atoms with Gasteiger partial charge in [-0.25, -0.2) is 19.2 Å². The van der Waals surface area contributed by atoms with Gasteiger partial charge in [0, 0.05) is 17.8 Å². The maximum atomic E-state index is 12.4. The summed E-state index contributed by atoms with van der Waals surface area (Å²) in [4.78, 5) is 48.2. The molecule has 4 heterocycles. The molecule has 4 fully saturated rings. The number of aliphatic carboxylic acids is 4. The molecule has 0 bridgehead atoms. The first-order chi connectivity index (χ1) is 27.4. The number of carboxylic acid groups (broad SMARTS) is 4. The molecule has 20 unspecified atom stereocenters. The Morgan fingerprint density at radius 2 is 0.983 bits per heavy atom. The Hall–Kier alpha value is -2.76. The molecule has 0 radical (unpaired) electrons. The minimum atomic E-state index is -2.00. The normalized spacial score (nSPS) is 46.7. The van der Waals surface area contributed by atoms with Gasteiger partial charge in [0.25, 0.3) is 0 Å². The number of aliphatic hydroxyl groups is 9. The van der Waals surface area contributed by atoms with E-state index < -0.39 is 190 Å². The van der Waals surface area contributed by atoms with Crippen molar-refractivity contribution in [2.24, 2.45) is 23.2 Å². The van der Waals surface area contributed by atoms with Crippen LogP contribution in [0.1, 0.15) is 27.7 Å². The van der Waals surface area contributed by atoms with Gasteiger partial charge in [0.05, 0.1) is 76.1 Å². The van der Waals surface area contributed by atoms with E-state index in [4.69, 9.17) is 33.2 Å². The summed E-state index contributed by atoms with van der Waals surface area (Å²) >= 11 is 0. The Morgan fingerprint density at radius 1 is 0.525 bits per heavy atom. The van der Waals surface area contributed by atoms with Crippen molar-refractivity contribution in [2.75, 3.05) is 46.2 Å². The van der Waals surface area contributed by atoms with Crippen LogP contribution in [0.25, 0.3) is 0 Å². The third-order valence-electron chi connectivity index (χ3n) is 12.0. The second-order valence-corrected chi connectivity index (χ2v) is 16.4. The number of hydrogen-bond donors (Lipinski definition) is 13. The molecular formula is C35H56O24. The van der Waals surface area contributed by atoms with Gasteiger partial charge < -0.3 is 99.5 Å². The average Bonchev–Trinajstić information content (AvgIpc) is 3.17. The van der Waals surface area contributed by atoms with Crippen molar-refractivity contribution in [3.8, 4) is 0 Å². The van der Waals surface area contributed by atoms with Gasteiger partial charge in [-0.2, -0.15) is 0 Å². The zero-order chi connectivity index (χ0) is 44.5. The second-order valence-electron chi connectivity index (χ2n) is 16.4. The van der Waals surface area contributed by atoms with E-state index >= 15 is 0 Å². The molecular weight excluding hydrogens is 804 g/mol. The van der Waals surface area contributed by atoms with E-state index in [0.29, 0.717) is 0 Å². The first-order valence-corrected chi connectivity index (χ1v) is 18.7. The standard InChI is InChI=1S/C35H56O24/c1-12-17(37)20(40)15(56-22(12)29(45)46)7-53-6-14-19(39)27(44)35(4,59-24(14)31(49)50)11-55-10-33(2)25(42)21(41)16(57-28(33)32(51)52)8-54-5-13-18(38)26(43)34(3,9-36)58-23(13)30(47)48/h12-28,36-44H,5-11H2,1-4H3,(H,45,46)(H,47,48)(H,49,50)(H,51,52). The van der Waals surface area contributed by atoms with Crippen molar-refractivity contribution in [3.05, 3.63) is 0 Å². The van der Waals surface area contributed by atoms with E-state index in [9.17, 15) is 85.6 Å². The summed E-state index contributed by atoms with van der Waals surface area (Å²) in [6, 6.07) is 0. The lowest BCUT2D eigenvalue weighted by Gasteiger charge is -2.50. The molecule has 4 saturated heterocycles. The highest BCUT2D eigenvalue weighted by atomic mass is 16.6. The maximum Gasteiger partial charge on any atom is 0.333 e. The summed E-state index contributed by atoms with van der Waals surface area (Å²) in [5, 5.41) is 135. The molecule has 0 amide bonds. The SMILES string of the molecule is CC1C(C(=O)O)OC(COCC2C(C(=O)O)OC(C)(COCC3(C)C(C(=O)O)OC(COCC4C(C(=O)O)OC(C)(CO)C(O)C4O)C(O)C3O)C(O)C2O)C(O)C1O. The monoisotopic (exact) mass is 860 g/mol. The molecule has 0 spiro atoms. The van der Waals surface area contributed by atoms with Crippen LogP contribution in [0.3, 0.4) is 0 Å². The highest BCUT2D eigenvalue weighted by Gasteiger charge is 2.58. The topological polar surface area (TPSA) is 396 Å². The molecule has 13 N–H and O–H groups in total. The van der Waals surface area contributed by atoms with Crippen LogP contribution in [0, 0.1) is 23.2 Å². The zero-order valence-electron chi connectivity index (χ0n) is 32.6. The lowest BCUT2D eigenvalue weighted by atomic mass is 9.73. The smallest absolute Gasteiger partial charge is 0.333 e. The van der Waals surface area contributed by atoms with Gasteiger partial charge >= 0.3 is 23.9 Å². The fourth-order valence-corrected chi connectivity index (χ4v) is 7.97. The lowest BCUT2D eigenvalue weighted by Crippen LogP contribution is -2.66. The molecule has 4 aliphatic rings. The van der Waals surface area contributed by atoms with Crippen LogP contribution >= 0.6 is 0 Å². The molecule has 24 heteroatoms. The number of ether oxygens (including phenoxy) is 7. The van der Waals surface area contributed by atoms with Gasteiger partial charge in [-0.15, -0.1) is 0 Å². The second kappa shape index (κ2) is 19.1. The Morgan fingerprint density at radius 3 is 1.44 bits per heavy atom. The number of carbonyl (C=O) groups is 4. The van der Waals surface area contributed by atoms with Crippen LogP contribution < -0.4 is 0 Å². The van der Waals surface area contributed by atoms with E-state index in [1.807, 2.05) is 0 Å². The van der Waals surface area contributed by atoms with Crippen molar-refractivity contribution in [1.29, 1.82) is 0 Å². The third kappa shape index (κ3) is 9.83. The van der Waals surface area contributed by atoms with Crippen LogP contribution in [-0.2, 0) is 52.3 Å². The molecule has 59 heavy (non-hydrogen) atoms. The first-order valence-electron chi connectivity index (χ1n) is 18.7. The number of hydrogen-bond acceptors (Lipinski definition) is 20. The van der Waals surface area contributed by atoms with Crippen molar-refractivity contribution in [2.45, 2.75) is 124 Å². The fraction of sp³-hybridized carbons (Fsp3) is 0.886. The van der Waals surface area contributed by atoms with Crippen LogP contribution in [0.15, 0.2) is 0 Å². The summed E-state index contributed by atoms with van der Waals surface area (Å²) in [5.41, 5.74) is -5.76. The summed E-state index contributed by atoms with van der Waals surface area (Å²) in [5.74, 6) is -10.0. The number of aliphatic hydroxyl groups excluding tert-OH is 9. The average molecular weight is 861 g/mol. The molecule has 4 rings (SSSR count). The molecule has 24 nitrogen and oxygen atoms in total. The summed E-state index contributed by atoms with van der Waals surface area (Å²) in [6.07, 6.45) is -24.0.